The van der Waals surface area contributed by atoms with Crippen LogP contribution in [0.1, 0.15) is 51.0 Å². The van der Waals surface area contributed by atoms with Gasteiger partial charge in [0.2, 0.25) is 21.8 Å². The van der Waals surface area contributed by atoms with Crippen molar-refractivity contribution in [1.82, 2.24) is 10.2 Å². The highest BCUT2D eigenvalue weighted by Gasteiger charge is 2.32. The quantitative estimate of drug-likeness (QED) is 0.492. The molecule has 1 N–H and O–H groups in total. The number of carbonyl (C=O) groups excluding carboxylic acids is 2. The normalized spacial score (nSPS) is 15.1. The summed E-state index contributed by atoms with van der Waals surface area (Å²) in [6.07, 6.45) is 6.69. The van der Waals surface area contributed by atoms with Gasteiger partial charge in [-0.1, -0.05) is 62.6 Å². The maximum atomic E-state index is 13.7. The molecule has 36 heavy (non-hydrogen) atoms. The molecule has 0 spiro atoms. The van der Waals surface area contributed by atoms with Gasteiger partial charge in [-0.05, 0) is 37.0 Å². The lowest BCUT2D eigenvalue weighted by Gasteiger charge is -2.34. The summed E-state index contributed by atoms with van der Waals surface area (Å²) in [4.78, 5) is 28.6. The van der Waals surface area contributed by atoms with Crippen LogP contribution in [0, 0.1) is 0 Å². The summed E-state index contributed by atoms with van der Waals surface area (Å²) in [5.41, 5.74) is 1.19. The number of rotatable bonds is 11. The second kappa shape index (κ2) is 12.8. The fraction of sp³-hybridized carbons (Fsp3) is 0.481. The van der Waals surface area contributed by atoms with E-state index in [2.05, 4.69) is 5.32 Å². The van der Waals surface area contributed by atoms with E-state index >= 15 is 0 Å². The van der Waals surface area contributed by atoms with E-state index in [0.29, 0.717) is 17.9 Å². The molecule has 9 heteroatoms. The molecule has 1 aliphatic rings. The lowest BCUT2D eigenvalue weighted by Crippen LogP contribution is -2.53. The third kappa shape index (κ3) is 7.46. The van der Waals surface area contributed by atoms with Gasteiger partial charge in [0.15, 0.2) is 0 Å². The van der Waals surface area contributed by atoms with Crippen molar-refractivity contribution in [2.75, 3.05) is 24.2 Å². The maximum Gasteiger partial charge on any atom is 0.244 e. The van der Waals surface area contributed by atoms with Crippen molar-refractivity contribution in [2.45, 2.75) is 64.1 Å². The van der Waals surface area contributed by atoms with Crippen LogP contribution in [0.5, 0.6) is 5.75 Å². The number of carbonyl (C=O) groups is 2. The van der Waals surface area contributed by atoms with E-state index in [0.717, 1.165) is 41.8 Å². The molecule has 1 atom stereocenters. The molecule has 196 valence electrons. The predicted octanol–water partition coefficient (Wildman–Crippen LogP) is 3.72. The zero-order chi connectivity index (χ0) is 26.1. The molecule has 3 rings (SSSR count). The van der Waals surface area contributed by atoms with Crippen LogP contribution in [0.3, 0.4) is 0 Å². The van der Waals surface area contributed by atoms with E-state index in [-0.39, 0.29) is 18.5 Å². The van der Waals surface area contributed by atoms with Gasteiger partial charge in [-0.15, -0.1) is 0 Å². The van der Waals surface area contributed by atoms with Crippen LogP contribution < -0.4 is 14.4 Å². The van der Waals surface area contributed by atoms with Crippen LogP contribution in [0.25, 0.3) is 0 Å². The Morgan fingerprint density at radius 3 is 2.36 bits per heavy atom. The molecule has 0 heterocycles. The number of hydrogen-bond donors (Lipinski definition) is 1. The zero-order valence-corrected chi connectivity index (χ0v) is 22.2. The van der Waals surface area contributed by atoms with Crippen molar-refractivity contribution < 1.29 is 22.7 Å². The van der Waals surface area contributed by atoms with Crippen LogP contribution in [0.15, 0.2) is 54.6 Å². The van der Waals surface area contributed by atoms with Crippen molar-refractivity contribution in [3.8, 4) is 5.75 Å². The molecular weight excluding hydrogens is 478 g/mol. The Kier molecular flexibility index (Phi) is 9.75. The van der Waals surface area contributed by atoms with Crippen LogP contribution >= 0.6 is 0 Å². The summed E-state index contributed by atoms with van der Waals surface area (Å²) >= 11 is 0. The van der Waals surface area contributed by atoms with E-state index in [1.807, 2.05) is 37.3 Å². The molecule has 0 aromatic heterocycles. The third-order valence-electron chi connectivity index (χ3n) is 6.55. The van der Waals surface area contributed by atoms with Crippen molar-refractivity contribution in [1.29, 1.82) is 0 Å². The molecule has 0 bridgehead atoms. The fourth-order valence-electron chi connectivity index (χ4n) is 4.62. The third-order valence-corrected chi connectivity index (χ3v) is 7.69. The largest absolute Gasteiger partial charge is 0.497 e. The zero-order valence-electron chi connectivity index (χ0n) is 21.4. The van der Waals surface area contributed by atoms with Gasteiger partial charge in [-0.3, -0.25) is 13.9 Å². The SMILES string of the molecule is CC[C@@H](C(=O)NC1CCCCC1)N(Cc1ccccc1)C(=O)CN(c1cccc(OC)c1)S(C)(=O)=O. The van der Waals surface area contributed by atoms with Gasteiger partial charge in [0.1, 0.15) is 18.3 Å². The topological polar surface area (TPSA) is 96.0 Å². The monoisotopic (exact) mass is 515 g/mol. The van der Waals surface area contributed by atoms with Crippen molar-refractivity contribution in [2.24, 2.45) is 0 Å². The van der Waals surface area contributed by atoms with Gasteiger partial charge in [0.25, 0.3) is 0 Å². The first kappa shape index (κ1) is 27.5. The van der Waals surface area contributed by atoms with Crippen LogP contribution in [-0.4, -0.2) is 57.1 Å². The lowest BCUT2D eigenvalue weighted by atomic mass is 9.95. The average molecular weight is 516 g/mol. The van der Waals surface area contributed by atoms with Crippen LogP contribution in [0.2, 0.25) is 0 Å². The molecule has 8 nitrogen and oxygen atoms in total. The van der Waals surface area contributed by atoms with Gasteiger partial charge < -0.3 is 15.0 Å². The average Bonchev–Trinajstić information content (AvgIpc) is 2.87. The highest BCUT2D eigenvalue weighted by Crippen LogP contribution is 2.24. The minimum absolute atomic E-state index is 0.110. The highest BCUT2D eigenvalue weighted by molar-refractivity contribution is 7.92. The minimum Gasteiger partial charge on any atom is -0.497 e. The number of nitrogens with zero attached hydrogens (tertiary/aromatic N) is 2. The number of hydrogen-bond acceptors (Lipinski definition) is 5. The Hall–Kier alpha value is -3.07. The first-order valence-corrected chi connectivity index (χ1v) is 14.3. The molecule has 0 aliphatic heterocycles. The maximum absolute atomic E-state index is 13.7. The van der Waals surface area contributed by atoms with E-state index in [4.69, 9.17) is 4.74 Å². The van der Waals surface area contributed by atoms with Gasteiger partial charge >= 0.3 is 0 Å². The minimum atomic E-state index is -3.79. The summed E-state index contributed by atoms with van der Waals surface area (Å²) in [5, 5.41) is 3.14. The van der Waals surface area contributed by atoms with Crippen LogP contribution in [0.4, 0.5) is 5.69 Å². The smallest absolute Gasteiger partial charge is 0.244 e. The molecule has 1 fully saturated rings. The first-order valence-electron chi connectivity index (χ1n) is 12.5. The van der Waals surface area contributed by atoms with E-state index in [1.165, 1.54) is 18.4 Å². The number of methoxy groups -OCH3 is 1. The van der Waals surface area contributed by atoms with Gasteiger partial charge in [-0.2, -0.15) is 0 Å². The number of ether oxygens (including phenoxy) is 1. The fourth-order valence-corrected chi connectivity index (χ4v) is 5.46. The number of sulfonamides is 1. The van der Waals surface area contributed by atoms with Gasteiger partial charge in [-0.25, -0.2) is 8.42 Å². The van der Waals surface area contributed by atoms with E-state index in [9.17, 15) is 18.0 Å². The number of amides is 2. The van der Waals surface area contributed by atoms with Crippen molar-refractivity contribution >= 4 is 27.5 Å². The summed E-state index contributed by atoms with van der Waals surface area (Å²) in [7, 11) is -2.30. The summed E-state index contributed by atoms with van der Waals surface area (Å²) in [6.45, 7) is 1.64. The predicted molar refractivity (Wildman–Crippen MR) is 141 cm³/mol. The Bertz CT molecular complexity index is 1120. The standard InChI is InChI=1S/C27H37N3O5S/c1-4-25(27(32)28-22-14-9-6-10-15-22)29(19-21-12-7-5-8-13-21)26(31)20-30(36(3,33)34)23-16-11-17-24(18-23)35-2/h5,7-8,11-13,16-18,22,25H,4,6,9-10,14-15,19-20H2,1-3H3,(H,28,32)/t25-/m0/s1. The summed E-state index contributed by atoms with van der Waals surface area (Å²) in [6, 6.07) is 15.4. The molecule has 2 amide bonds. The summed E-state index contributed by atoms with van der Waals surface area (Å²) in [5.74, 6) is -0.160. The van der Waals surface area contributed by atoms with E-state index < -0.39 is 28.5 Å². The van der Waals surface area contributed by atoms with Gasteiger partial charge in [0.05, 0.1) is 19.1 Å². The Morgan fingerprint density at radius 2 is 1.75 bits per heavy atom. The Morgan fingerprint density at radius 1 is 1.06 bits per heavy atom. The molecule has 1 saturated carbocycles. The molecule has 1 aliphatic carbocycles. The molecule has 0 unspecified atom stereocenters. The number of anilines is 1. The number of benzene rings is 2. The second-order valence-electron chi connectivity index (χ2n) is 9.25. The molecule has 2 aromatic carbocycles. The molecule has 0 radical (unpaired) electrons. The van der Waals surface area contributed by atoms with Crippen molar-refractivity contribution in [3.63, 3.8) is 0 Å². The Balaban J connectivity index is 1.89. The molecular formula is C27H37N3O5S. The van der Waals surface area contributed by atoms with Crippen molar-refractivity contribution in [3.05, 3.63) is 60.2 Å². The number of nitrogens with one attached hydrogen (secondary N) is 1. The lowest BCUT2D eigenvalue weighted by molar-refractivity contribution is -0.140. The van der Waals surface area contributed by atoms with Crippen LogP contribution in [-0.2, 0) is 26.2 Å². The second-order valence-corrected chi connectivity index (χ2v) is 11.2. The summed E-state index contributed by atoms with van der Waals surface area (Å²) < 4.78 is 31.7. The van der Waals surface area contributed by atoms with Gasteiger partial charge in [0, 0.05) is 18.7 Å². The molecule has 0 saturated heterocycles. The van der Waals surface area contributed by atoms with E-state index in [1.54, 1.807) is 24.3 Å². The molecule has 2 aromatic rings. The Labute approximate surface area is 214 Å². The highest BCUT2D eigenvalue weighted by atomic mass is 32.2. The first-order chi connectivity index (χ1) is 17.2.